The Morgan fingerprint density at radius 1 is 1.03 bits per heavy atom. The fourth-order valence-corrected chi connectivity index (χ4v) is 4.25. The number of imidazole rings is 1. The smallest absolute Gasteiger partial charge is 0.345 e. The number of benzene rings is 1. The van der Waals surface area contributed by atoms with E-state index in [1.165, 1.54) is 6.42 Å². The van der Waals surface area contributed by atoms with Crippen LogP contribution in [0.25, 0.3) is 27.9 Å². The van der Waals surface area contributed by atoms with E-state index >= 15 is 0 Å². The van der Waals surface area contributed by atoms with E-state index in [1.54, 1.807) is 0 Å². The van der Waals surface area contributed by atoms with Gasteiger partial charge in [-0.1, -0.05) is 13.0 Å². The van der Waals surface area contributed by atoms with Crippen molar-refractivity contribution in [3.05, 3.63) is 64.8 Å². The molecule has 4 heterocycles. The maximum Gasteiger partial charge on any atom is 0.345 e. The van der Waals surface area contributed by atoms with Gasteiger partial charge in [0.25, 0.3) is 0 Å². The minimum Gasteiger partial charge on any atom is -0.422 e. The first-order valence-electron chi connectivity index (χ1n) is 10.6. The number of pyridine rings is 1. The van der Waals surface area contributed by atoms with Gasteiger partial charge in [-0.15, -0.1) is 0 Å². The molecule has 0 saturated carbocycles. The molecule has 3 aromatic heterocycles. The molecule has 6 heteroatoms. The van der Waals surface area contributed by atoms with Gasteiger partial charge in [0.15, 0.2) is 0 Å². The van der Waals surface area contributed by atoms with E-state index in [2.05, 4.69) is 27.8 Å². The van der Waals surface area contributed by atoms with Crippen LogP contribution in [0, 0.1) is 6.92 Å². The molecule has 0 radical (unpaired) electrons. The fraction of sp³-hybridized carbons (Fsp3) is 0.333. The van der Waals surface area contributed by atoms with E-state index in [0.717, 1.165) is 55.0 Å². The summed E-state index contributed by atoms with van der Waals surface area (Å²) < 4.78 is 7.66. The number of aromatic nitrogens is 2. The summed E-state index contributed by atoms with van der Waals surface area (Å²) in [6.07, 6.45) is 5.07. The lowest BCUT2D eigenvalue weighted by atomic mass is 10.1. The van der Waals surface area contributed by atoms with Gasteiger partial charge in [-0.2, -0.15) is 0 Å². The molecular weight excluding hydrogens is 376 g/mol. The Balaban J connectivity index is 1.46. The summed E-state index contributed by atoms with van der Waals surface area (Å²) in [6, 6.07) is 12.0. The second-order valence-electron chi connectivity index (χ2n) is 8.10. The predicted octanol–water partition coefficient (Wildman–Crippen LogP) is 3.95. The molecule has 1 saturated heterocycles. The molecule has 5 rings (SSSR count). The zero-order chi connectivity index (χ0) is 20.7. The number of aryl methyl sites for hydroxylation is 1. The molecular formula is C24H26N4O2. The maximum atomic E-state index is 12.7. The Bertz CT molecular complexity index is 1270. The summed E-state index contributed by atoms with van der Waals surface area (Å²) in [7, 11) is 0. The number of piperazine rings is 1. The second kappa shape index (κ2) is 7.61. The average molecular weight is 402 g/mol. The summed E-state index contributed by atoms with van der Waals surface area (Å²) in [6.45, 7) is 9.54. The SMILES string of the molecule is CCCN1CCN(c2ccc3cc(-c4cn5cc(C)ccc5n4)c(=O)oc3c2)CC1. The Morgan fingerprint density at radius 2 is 1.87 bits per heavy atom. The van der Waals surface area contributed by atoms with Crippen molar-refractivity contribution in [1.29, 1.82) is 0 Å². The maximum absolute atomic E-state index is 12.7. The van der Waals surface area contributed by atoms with Gasteiger partial charge in [0, 0.05) is 55.7 Å². The summed E-state index contributed by atoms with van der Waals surface area (Å²) in [5.41, 5.74) is 4.45. The lowest BCUT2D eigenvalue weighted by Crippen LogP contribution is -2.46. The third kappa shape index (κ3) is 3.48. The van der Waals surface area contributed by atoms with E-state index in [-0.39, 0.29) is 5.63 Å². The third-order valence-electron chi connectivity index (χ3n) is 5.87. The molecule has 0 spiro atoms. The first-order chi connectivity index (χ1) is 14.6. The van der Waals surface area contributed by atoms with Crippen molar-refractivity contribution in [2.75, 3.05) is 37.6 Å². The number of anilines is 1. The molecule has 1 aliphatic heterocycles. The molecule has 1 aliphatic rings. The number of rotatable bonds is 4. The Hall–Kier alpha value is -3.12. The number of hydrogen-bond acceptors (Lipinski definition) is 5. The van der Waals surface area contributed by atoms with Crippen LogP contribution in [-0.4, -0.2) is 47.0 Å². The summed E-state index contributed by atoms with van der Waals surface area (Å²) in [5.74, 6) is 0. The van der Waals surface area contributed by atoms with Crippen LogP contribution in [-0.2, 0) is 0 Å². The quantitative estimate of drug-likeness (QED) is 0.484. The molecule has 0 N–H and O–H groups in total. The van der Waals surface area contributed by atoms with E-state index < -0.39 is 0 Å². The minimum absolute atomic E-state index is 0.354. The Kier molecular flexibility index (Phi) is 4.79. The Morgan fingerprint density at radius 3 is 2.67 bits per heavy atom. The summed E-state index contributed by atoms with van der Waals surface area (Å²) in [5, 5.41) is 0.909. The first kappa shape index (κ1) is 18.9. The van der Waals surface area contributed by atoms with Crippen LogP contribution in [0.2, 0.25) is 0 Å². The molecule has 1 aromatic carbocycles. The molecule has 1 fully saturated rings. The fourth-order valence-electron chi connectivity index (χ4n) is 4.25. The monoisotopic (exact) mass is 402 g/mol. The standard InChI is InChI=1S/C24H26N4O2/c1-3-8-26-9-11-27(12-10-26)19-6-5-18-13-20(24(29)30-22(18)14-19)21-16-28-15-17(2)4-7-23(28)25-21/h4-7,13-16H,3,8-12H2,1-2H3. The number of hydrogen-bond donors (Lipinski definition) is 0. The van der Waals surface area contributed by atoms with Gasteiger partial charge < -0.3 is 13.7 Å². The molecule has 30 heavy (non-hydrogen) atoms. The van der Waals surface area contributed by atoms with E-state index in [4.69, 9.17) is 4.42 Å². The number of nitrogens with zero attached hydrogens (tertiary/aromatic N) is 4. The van der Waals surface area contributed by atoms with Gasteiger partial charge in [-0.25, -0.2) is 9.78 Å². The van der Waals surface area contributed by atoms with Crippen LogP contribution in [0.1, 0.15) is 18.9 Å². The molecule has 6 nitrogen and oxygen atoms in total. The van der Waals surface area contributed by atoms with Crippen molar-refractivity contribution in [3.63, 3.8) is 0 Å². The topological polar surface area (TPSA) is 54.0 Å². The van der Waals surface area contributed by atoms with Crippen LogP contribution < -0.4 is 10.5 Å². The highest BCUT2D eigenvalue weighted by atomic mass is 16.4. The predicted molar refractivity (Wildman–Crippen MR) is 120 cm³/mol. The largest absolute Gasteiger partial charge is 0.422 e. The molecule has 154 valence electrons. The highest BCUT2D eigenvalue weighted by Crippen LogP contribution is 2.26. The zero-order valence-corrected chi connectivity index (χ0v) is 17.5. The lowest BCUT2D eigenvalue weighted by Gasteiger charge is -2.36. The normalized spacial score (nSPS) is 15.3. The molecule has 0 bridgehead atoms. The van der Waals surface area contributed by atoms with Gasteiger partial charge >= 0.3 is 5.63 Å². The minimum atomic E-state index is -0.354. The zero-order valence-electron chi connectivity index (χ0n) is 17.5. The first-order valence-corrected chi connectivity index (χ1v) is 10.6. The van der Waals surface area contributed by atoms with E-state index in [1.807, 2.05) is 54.0 Å². The van der Waals surface area contributed by atoms with Gasteiger partial charge in [-0.05, 0) is 49.7 Å². The van der Waals surface area contributed by atoms with Crippen LogP contribution in [0.15, 0.2) is 58.0 Å². The molecule has 0 amide bonds. The van der Waals surface area contributed by atoms with Crippen LogP contribution >= 0.6 is 0 Å². The van der Waals surface area contributed by atoms with Crippen LogP contribution in [0.5, 0.6) is 0 Å². The van der Waals surface area contributed by atoms with Gasteiger partial charge in [0.2, 0.25) is 0 Å². The molecule has 0 aliphatic carbocycles. The van der Waals surface area contributed by atoms with E-state index in [9.17, 15) is 4.79 Å². The molecule has 4 aromatic rings. The third-order valence-corrected chi connectivity index (χ3v) is 5.87. The summed E-state index contributed by atoms with van der Waals surface area (Å²) in [4.78, 5) is 22.2. The lowest BCUT2D eigenvalue weighted by molar-refractivity contribution is 0.258. The van der Waals surface area contributed by atoms with E-state index in [0.29, 0.717) is 16.8 Å². The highest BCUT2D eigenvalue weighted by Gasteiger charge is 2.18. The van der Waals surface area contributed by atoms with Crippen molar-refractivity contribution < 1.29 is 4.42 Å². The van der Waals surface area contributed by atoms with Gasteiger partial charge in [0.1, 0.15) is 11.2 Å². The number of fused-ring (bicyclic) bond motifs is 2. The highest BCUT2D eigenvalue weighted by molar-refractivity contribution is 5.84. The van der Waals surface area contributed by atoms with Crippen LogP contribution in [0.4, 0.5) is 5.69 Å². The van der Waals surface area contributed by atoms with Crippen molar-refractivity contribution >= 4 is 22.3 Å². The Labute approximate surface area is 175 Å². The van der Waals surface area contributed by atoms with Crippen molar-refractivity contribution in [2.24, 2.45) is 0 Å². The van der Waals surface area contributed by atoms with Crippen LogP contribution in [0.3, 0.4) is 0 Å². The average Bonchev–Trinajstić information content (AvgIpc) is 3.16. The summed E-state index contributed by atoms with van der Waals surface area (Å²) >= 11 is 0. The van der Waals surface area contributed by atoms with Crippen molar-refractivity contribution in [1.82, 2.24) is 14.3 Å². The van der Waals surface area contributed by atoms with Crippen molar-refractivity contribution in [2.45, 2.75) is 20.3 Å². The van der Waals surface area contributed by atoms with Gasteiger partial charge in [0.05, 0.1) is 11.3 Å². The molecule has 0 atom stereocenters. The molecule has 0 unspecified atom stereocenters. The van der Waals surface area contributed by atoms with Crippen molar-refractivity contribution in [3.8, 4) is 11.3 Å². The van der Waals surface area contributed by atoms with Gasteiger partial charge in [-0.3, -0.25) is 4.90 Å². The second-order valence-corrected chi connectivity index (χ2v) is 8.10.